The van der Waals surface area contributed by atoms with Gasteiger partial charge in [-0.2, -0.15) is 0 Å². The van der Waals surface area contributed by atoms with E-state index in [4.69, 9.17) is 0 Å². The Morgan fingerprint density at radius 2 is 2.10 bits per heavy atom. The second-order valence-electron chi connectivity index (χ2n) is 4.74. The zero-order valence-corrected chi connectivity index (χ0v) is 12.3. The van der Waals surface area contributed by atoms with Crippen molar-refractivity contribution in [2.24, 2.45) is 0 Å². The summed E-state index contributed by atoms with van der Waals surface area (Å²) in [6.07, 6.45) is 1.82. The number of hydrogen-bond donors (Lipinski definition) is 1. The Bertz CT molecular complexity index is 594. The highest BCUT2D eigenvalue weighted by atomic mass is 32.1. The third-order valence-electron chi connectivity index (χ3n) is 3.00. The Morgan fingerprint density at radius 1 is 1.30 bits per heavy atom. The monoisotopic (exact) mass is 291 g/mol. The molecule has 1 aromatic heterocycles. The van der Waals surface area contributed by atoms with E-state index in [2.05, 4.69) is 30.5 Å². The van der Waals surface area contributed by atoms with E-state index >= 15 is 0 Å². The number of hydrogen-bond acceptors (Lipinski definition) is 3. The minimum Gasteiger partial charge on any atom is -0.508 e. The highest BCUT2D eigenvalue weighted by Crippen LogP contribution is 2.22. The Labute approximate surface area is 122 Å². The minimum atomic E-state index is -0.330. The third kappa shape index (κ3) is 3.92. The lowest BCUT2D eigenvalue weighted by molar-refractivity contribution is 0.283. The second-order valence-corrected chi connectivity index (χ2v) is 6.12. The molecule has 0 saturated carbocycles. The van der Waals surface area contributed by atoms with E-state index in [1.165, 1.54) is 28.0 Å². The molecule has 1 aromatic carbocycles. The van der Waals surface area contributed by atoms with Crippen molar-refractivity contribution in [3.8, 4) is 5.75 Å². The van der Waals surface area contributed by atoms with Crippen molar-refractivity contribution in [1.29, 1.82) is 0 Å². The summed E-state index contributed by atoms with van der Waals surface area (Å²) in [6.45, 7) is 7.77. The molecule has 0 aliphatic rings. The molecule has 2 aromatic rings. The molecule has 0 aliphatic heterocycles. The largest absolute Gasteiger partial charge is 0.508 e. The summed E-state index contributed by atoms with van der Waals surface area (Å²) in [7, 11) is 0. The van der Waals surface area contributed by atoms with Crippen LogP contribution in [0.15, 0.2) is 43.0 Å². The maximum atomic E-state index is 13.3. The molecule has 0 bridgehead atoms. The molecule has 0 radical (unpaired) electrons. The second kappa shape index (κ2) is 6.68. The van der Waals surface area contributed by atoms with Gasteiger partial charge in [0.15, 0.2) is 0 Å². The minimum absolute atomic E-state index is 0.128. The van der Waals surface area contributed by atoms with Crippen LogP contribution < -0.4 is 0 Å². The average Bonchev–Trinajstić information content (AvgIpc) is 2.79. The van der Waals surface area contributed by atoms with Gasteiger partial charge in [0.05, 0.1) is 0 Å². The first kappa shape index (κ1) is 14.8. The van der Waals surface area contributed by atoms with Gasteiger partial charge in [-0.05, 0) is 37.3 Å². The van der Waals surface area contributed by atoms with Crippen molar-refractivity contribution < 1.29 is 9.50 Å². The molecule has 106 valence electrons. The smallest absolute Gasteiger partial charge is 0.123 e. The van der Waals surface area contributed by atoms with Crippen LogP contribution in [0.5, 0.6) is 5.75 Å². The Hall–Kier alpha value is -1.65. The summed E-state index contributed by atoms with van der Waals surface area (Å²) < 4.78 is 13.3. The first-order valence-electron chi connectivity index (χ1n) is 6.44. The van der Waals surface area contributed by atoms with Gasteiger partial charge in [0.2, 0.25) is 0 Å². The molecular formula is C16H18FNOS. The number of phenols is 1. The van der Waals surface area contributed by atoms with Crippen molar-refractivity contribution in [2.75, 3.05) is 6.54 Å². The van der Waals surface area contributed by atoms with Crippen molar-refractivity contribution in [1.82, 2.24) is 4.90 Å². The predicted molar refractivity (Wildman–Crippen MR) is 81.4 cm³/mol. The summed E-state index contributed by atoms with van der Waals surface area (Å²) >= 11 is 1.75. The SMILES string of the molecule is C=CCN(Cc1ccc(C)s1)Cc1cc(F)ccc1O. The topological polar surface area (TPSA) is 23.5 Å². The van der Waals surface area contributed by atoms with Crippen LogP contribution in [0.2, 0.25) is 0 Å². The standard InChI is InChI=1S/C16H18FNOS/c1-3-8-18(11-15-6-4-12(2)20-15)10-13-9-14(17)5-7-16(13)19/h3-7,9,19H,1,8,10-11H2,2H3. The molecule has 1 heterocycles. The van der Waals surface area contributed by atoms with Crippen LogP contribution >= 0.6 is 11.3 Å². The number of nitrogens with zero attached hydrogens (tertiary/aromatic N) is 1. The highest BCUT2D eigenvalue weighted by molar-refractivity contribution is 7.11. The first-order valence-corrected chi connectivity index (χ1v) is 7.26. The zero-order chi connectivity index (χ0) is 14.5. The van der Waals surface area contributed by atoms with Gasteiger partial charge in [-0.1, -0.05) is 6.08 Å². The van der Waals surface area contributed by atoms with Crippen molar-refractivity contribution in [2.45, 2.75) is 20.0 Å². The van der Waals surface area contributed by atoms with Gasteiger partial charge in [0, 0.05) is 35.0 Å². The summed E-state index contributed by atoms with van der Waals surface area (Å²) in [4.78, 5) is 4.64. The fourth-order valence-electron chi connectivity index (χ4n) is 2.08. The van der Waals surface area contributed by atoms with Crippen LogP contribution in [0.4, 0.5) is 4.39 Å². The zero-order valence-electron chi connectivity index (χ0n) is 11.5. The van der Waals surface area contributed by atoms with E-state index in [0.717, 1.165) is 6.54 Å². The number of rotatable bonds is 6. The van der Waals surface area contributed by atoms with Crippen LogP contribution in [0.25, 0.3) is 0 Å². The molecule has 0 saturated heterocycles. The van der Waals surface area contributed by atoms with Gasteiger partial charge in [0.25, 0.3) is 0 Å². The molecular weight excluding hydrogens is 273 g/mol. The first-order chi connectivity index (χ1) is 9.58. The van der Waals surface area contributed by atoms with E-state index < -0.39 is 0 Å². The Balaban J connectivity index is 2.12. The van der Waals surface area contributed by atoms with Crippen LogP contribution in [-0.2, 0) is 13.1 Å². The van der Waals surface area contributed by atoms with Crippen LogP contribution in [0.3, 0.4) is 0 Å². The molecule has 1 N–H and O–H groups in total. The molecule has 0 aliphatic carbocycles. The summed E-state index contributed by atoms with van der Waals surface area (Å²) in [5, 5.41) is 9.81. The lowest BCUT2D eigenvalue weighted by Crippen LogP contribution is -2.22. The number of aryl methyl sites for hydroxylation is 1. The predicted octanol–water partition coefficient (Wildman–Crippen LogP) is 4.09. The normalized spacial score (nSPS) is 10.9. The number of phenolic OH excluding ortho intramolecular Hbond substituents is 1. The molecule has 20 heavy (non-hydrogen) atoms. The van der Waals surface area contributed by atoms with E-state index in [9.17, 15) is 9.50 Å². The third-order valence-corrected chi connectivity index (χ3v) is 3.98. The maximum Gasteiger partial charge on any atom is 0.123 e. The van der Waals surface area contributed by atoms with Gasteiger partial charge in [-0.3, -0.25) is 4.90 Å². The van der Waals surface area contributed by atoms with E-state index in [1.54, 1.807) is 11.3 Å². The number of aromatic hydroxyl groups is 1. The molecule has 0 atom stereocenters. The fourth-order valence-corrected chi connectivity index (χ4v) is 3.01. The van der Waals surface area contributed by atoms with E-state index in [-0.39, 0.29) is 11.6 Å². The van der Waals surface area contributed by atoms with Crippen molar-refractivity contribution in [3.63, 3.8) is 0 Å². The highest BCUT2D eigenvalue weighted by Gasteiger charge is 2.10. The van der Waals surface area contributed by atoms with Gasteiger partial charge in [-0.25, -0.2) is 4.39 Å². The lowest BCUT2D eigenvalue weighted by Gasteiger charge is -2.20. The number of thiophene rings is 1. The Morgan fingerprint density at radius 3 is 2.75 bits per heavy atom. The van der Waals surface area contributed by atoms with Crippen molar-refractivity contribution in [3.05, 3.63) is 64.1 Å². The van der Waals surface area contributed by atoms with Crippen LogP contribution in [0, 0.1) is 12.7 Å². The number of benzene rings is 1. The summed E-state index contributed by atoms with van der Waals surface area (Å²) in [5.41, 5.74) is 0.597. The van der Waals surface area contributed by atoms with Crippen LogP contribution in [-0.4, -0.2) is 16.6 Å². The number of halogens is 1. The van der Waals surface area contributed by atoms with Gasteiger partial charge < -0.3 is 5.11 Å². The van der Waals surface area contributed by atoms with E-state index in [1.807, 2.05) is 6.08 Å². The van der Waals surface area contributed by atoms with E-state index in [0.29, 0.717) is 18.7 Å². The maximum absolute atomic E-state index is 13.3. The molecule has 4 heteroatoms. The molecule has 2 rings (SSSR count). The van der Waals surface area contributed by atoms with Crippen molar-refractivity contribution >= 4 is 11.3 Å². The van der Waals surface area contributed by atoms with Gasteiger partial charge in [-0.15, -0.1) is 17.9 Å². The van der Waals surface area contributed by atoms with Crippen LogP contribution in [0.1, 0.15) is 15.3 Å². The summed E-state index contributed by atoms with van der Waals surface area (Å²) in [6, 6.07) is 8.23. The molecule has 0 unspecified atom stereocenters. The fraction of sp³-hybridized carbons (Fsp3) is 0.250. The average molecular weight is 291 g/mol. The summed E-state index contributed by atoms with van der Waals surface area (Å²) in [5.74, 6) is -0.203. The molecule has 0 spiro atoms. The molecule has 0 fully saturated rings. The quantitative estimate of drug-likeness (QED) is 0.810. The van der Waals surface area contributed by atoms with Gasteiger partial charge in [0.1, 0.15) is 11.6 Å². The Kier molecular flexibility index (Phi) is 4.93. The molecule has 2 nitrogen and oxygen atoms in total. The van der Waals surface area contributed by atoms with Gasteiger partial charge >= 0.3 is 0 Å². The molecule has 0 amide bonds. The lowest BCUT2D eigenvalue weighted by atomic mass is 10.1.